The predicted octanol–water partition coefficient (Wildman–Crippen LogP) is 2.78. The van der Waals surface area contributed by atoms with Gasteiger partial charge in [-0.2, -0.15) is 26.3 Å². The van der Waals surface area contributed by atoms with E-state index in [0.717, 1.165) is 12.1 Å². The molecule has 0 aliphatic carbocycles. The van der Waals surface area contributed by atoms with Crippen molar-refractivity contribution in [3.05, 3.63) is 52.6 Å². The largest absolute Gasteiger partial charge is 0.491 e. The van der Waals surface area contributed by atoms with Gasteiger partial charge in [-0.05, 0) is 30.3 Å². The minimum absolute atomic E-state index is 0.0120. The molecule has 0 aliphatic heterocycles. The lowest BCUT2D eigenvalue weighted by Gasteiger charge is -2.15. The van der Waals surface area contributed by atoms with Crippen LogP contribution in [-0.2, 0) is 11.0 Å². The number of aliphatic hydroxyl groups is 1. The fourth-order valence-corrected chi connectivity index (χ4v) is 2.54. The number of alkyl halides is 6. The molecule has 37 heavy (non-hydrogen) atoms. The van der Waals surface area contributed by atoms with Crippen molar-refractivity contribution in [1.29, 1.82) is 0 Å². The van der Waals surface area contributed by atoms with Crippen LogP contribution in [0.3, 0.4) is 0 Å². The van der Waals surface area contributed by atoms with E-state index < -0.39 is 29.6 Å². The molecule has 202 valence electrons. The highest BCUT2D eigenvalue weighted by molar-refractivity contribution is 5.79. The summed E-state index contributed by atoms with van der Waals surface area (Å²) in [4.78, 5) is 26.9. The monoisotopic (exact) mass is 539 g/mol. The van der Waals surface area contributed by atoms with Crippen LogP contribution >= 0.6 is 0 Å². The Kier molecular flexibility index (Phi) is 10.0. The number of benzene rings is 1. The van der Waals surface area contributed by atoms with Gasteiger partial charge in [-0.3, -0.25) is 9.51 Å². The number of H-pyrrole nitrogens is 1. The Labute approximate surface area is 203 Å². The average Bonchev–Trinajstić information content (AvgIpc) is 3.24. The molecule has 0 bridgehead atoms. The summed E-state index contributed by atoms with van der Waals surface area (Å²) in [6.45, 7) is 1.07. The second-order valence-electron chi connectivity index (χ2n) is 6.80. The number of carboxylic acids is 1. The summed E-state index contributed by atoms with van der Waals surface area (Å²) >= 11 is 0. The van der Waals surface area contributed by atoms with E-state index in [1.165, 1.54) is 18.3 Å². The van der Waals surface area contributed by atoms with Gasteiger partial charge in [0.15, 0.2) is 5.82 Å². The van der Waals surface area contributed by atoms with E-state index >= 15 is 0 Å². The number of anilines is 2. The van der Waals surface area contributed by atoms with Crippen LogP contribution < -0.4 is 21.1 Å². The van der Waals surface area contributed by atoms with E-state index in [0.29, 0.717) is 24.5 Å². The summed E-state index contributed by atoms with van der Waals surface area (Å²) in [5, 5.41) is 25.4. The predicted molar refractivity (Wildman–Crippen MR) is 114 cm³/mol. The quantitative estimate of drug-likeness (QED) is 0.202. The van der Waals surface area contributed by atoms with Gasteiger partial charge in [0.1, 0.15) is 23.7 Å². The van der Waals surface area contributed by atoms with Crippen LogP contribution in [0.2, 0.25) is 0 Å². The SMILES string of the molecule is O=C(O)C(F)(F)F.O=c1[nH]c(-c2c(OCCNCCO)ccnc2Nc2ccc(C(F)(F)F)cc2)no1. The molecule has 3 aromatic rings. The maximum Gasteiger partial charge on any atom is 0.490 e. The molecule has 0 spiro atoms. The standard InChI is InChI=1S/C18H18F3N5O4.C2HF3O2/c19-18(20,21)11-1-3-12(4-2-11)24-15-14(16-25-17(28)30-26-16)13(5-6-23-15)29-10-8-22-7-9-27;3-2(4,5)1(6)7/h1-6,22,27H,7-10H2,(H,23,24)(H,25,26,28);(H,6,7). The zero-order valence-corrected chi connectivity index (χ0v) is 18.5. The first-order chi connectivity index (χ1) is 17.3. The number of rotatable bonds is 9. The topological polar surface area (TPSA) is 163 Å². The van der Waals surface area contributed by atoms with Gasteiger partial charge in [-0.15, -0.1) is 0 Å². The van der Waals surface area contributed by atoms with Gasteiger partial charge in [-0.1, -0.05) is 5.16 Å². The van der Waals surface area contributed by atoms with E-state index in [1.807, 2.05) is 0 Å². The number of aliphatic hydroxyl groups excluding tert-OH is 1. The molecule has 0 unspecified atom stereocenters. The smallest absolute Gasteiger partial charge is 0.490 e. The second kappa shape index (κ2) is 12.7. The minimum Gasteiger partial charge on any atom is -0.491 e. The summed E-state index contributed by atoms with van der Waals surface area (Å²) in [5.74, 6) is -2.99. The molecule has 0 aliphatic rings. The number of nitrogens with zero attached hydrogens (tertiary/aromatic N) is 2. The second-order valence-corrected chi connectivity index (χ2v) is 6.80. The fourth-order valence-electron chi connectivity index (χ4n) is 2.54. The third-order valence-electron chi connectivity index (χ3n) is 4.13. The van der Waals surface area contributed by atoms with Crippen LogP contribution in [-0.4, -0.2) is 63.8 Å². The van der Waals surface area contributed by atoms with E-state index in [2.05, 4.69) is 30.3 Å². The highest BCUT2D eigenvalue weighted by atomic mass is 19.4. The molecule has 11 nitrogen and oxygen atoms in total. The summed E-state index contributed by atoms with van der Waals surface area (Å²) in [6, 6.07) is 5.94. The van der Waals surface area contributed by atoms with Crippen molar-refractivity contribution >= 4 is 17.5 Å². The summed E-state index contributed by atoms with van der Waals surface area (Å²) < 4.78 is 80.3. The van der Waals surface area contributed by atoms with Gasteiger partial charge >= 0.3 is 24.1 Å². The molecular formula is C20H19F6N5O6. The van der Waals surface area contributed by atoms with Crippen LogP contribution in [0.15, 0.2) is 45.8 Å². The van der Waals surface area contributed by atoms with Crippen molar-refractivity contribution < 1.29 is 50.6 Å². The van der Waals surface area contributed by atoms with Crippen molar-refractivity contribution in [2.75, 3.05) is 31.6 Å². The van der Waals surface area contributed by atoms with E-state index in [-0.39, 0.29) is 30.4 Å². The third-order valence-corrected chi connectivity index (χ3v) is 4.13. The van der Waals surface area contributed by atoms with Crippen LogP contribution in [0.5, 0.6) is 5.75 Å². The van der Waals surface area contributed by atoms with Crippen LogP contribution in [0.25, 0.3) is 11.4 Å². The van der Waals surface area contributed by atoms with Crippen LogP contribution in [0, 0.1) is 0 Å². The van der Waals surface area contributed by atoms with Crippen molar-refractivity contribution in [2.24, 2.45) is 0 Å². The molecular weight excluding hydrogens is 520 g/mol. The van der Waals surface area contributed by atoms with E-state index in [4.69, 9.17) is 19.7 Å². The Morgan fingerprint density at radius 2 is 1.73 bits per heavy atom. The highest BCUT2D eigenvalue weighted by Gasteiger charge is 2.38. The van der Waals surface area contributed by atoms with Gasteiger partial charge in [0, 0.05) is 25.0 Å². The molecule has 5 N–H and O–H groups in total. The number of carboxylic acid groups (broad SMARTS) is 1. The first-order valence-corrected chi connectivity index (χ1v) is 10.1. The number of ether oxygens (including phenoxy) is 1. The molecule has 2 aromatic heterocycles. The number of nitrogens with one attached hydrogen (secondary N) is 3. The van der Waals surface area contributed by atoms with Crippen molar-refractivity contribution in [3.8, 4) is 17.1 Å². The van der Waals surface area contributed by atoms with Gasteiger partial charge in [0.05, 0.1) is 12.2 Å². The Balaban J connectivity index is 0.000000604. The Hall–Kier alpha value is -4.12. The fraction of sp³-hybridized carbons (Fsp3) is 0.300. The minimum atomic E-state index is -5.08. The molecule has 0 saturated heterocycles. The number of hydrogen-bond acceptors (Lipinski definition) is 9. The summed E-state index contributed by atoms with van der Waals surface area (Å²) in [7, 11) is 0. The molecule has 2 heterocycles. The highest BCUT2D eigenvalue weighted by Crippen LogP contribution is 2.35. The molecule has 3 rings (SSSR count). The summed E-state index contributed by atoms with van der Waals surface area (Å²) in [6.07, 6.45) is -8.09. The van der Waals surface area contributed by atoms with Crippen LogP contribution in [0.4, 0.5) is 37.8 Å². The molecule has 0 atom stereocenters. The molecule has 0 saturated carbocycles. The van der Waals surface area contributed by atoms with Crippen LogP contribution in [0.1, 0.15) is 5.56 Å². The first-order valence-electron chi connectivity index (χ1n) is 10.1. The number of aliphatic carboxylic acids is 1. The summed E-state index contributed by atoms with van der Waals surface area (Å²) in [5.41, 5.74) is -0.177. The molecule has 0 fully saturated rings. The number of carbonyl (C=O) groups is 1. The number of aromatic amines is 1. The van der Waals surface area contributed by atoms with Gasteiger partial charge in [-0.25, -0.2) is 14.6 Å². The van der Waals surface area contributed by atoms with Gasteiger partial charge < -0.3 is 25.6 Å². The Bertz CT molecular complexity index is 1210. The Morgan fingerprint density at radius 3 is 2.24 bits per heavy atom. The third kappa shape index (κ3) is 9.12. The lowest BCUT2D eigenvalue weighted by Crippen LogP contribution is -2.24. The van der Waals surface area contributed by atoms with Crippen molar-refractivity contribution in [2.45, 2.75) is 12.4 Å². The molecule has 17 heteroatoms. The number of hydrogen-bond donors (Lipinski definition) is 5. The zero-order valence-electron chi connectivity index (χ0n) is 18.5. The molecule has 1 aromatic carbocycles. The molecule has 0 radical (unpaired) electrons. The zero-order chi connectivity index (χ0) is 27.6. The number of halogens is 6. The Morgan fingerprint density at radius 1 is 1.08 bits per heavy atom. The van der Waals surface area contributed by atoms with Gasteiger partial charge in [0.25, 0.3) is 0 Å². The maximum atomic E-state index is 12.8. The number of pyridine rings is 1. The van der Waals surface area contributed by atoms with E-state index in [9.17, 15) is 31.1 Å². The normalized spacial score (nSPS) is 11.4. The van der Waals surface area contributed by atoms with E-state index in [1.54, 1.807) is 6.07 Å². The lowest BCUT2D eigenvalue weighted by atomic mass is 10.2. The number of aromatic nitrogens is 3. The molecule has 0 amide bonds. The van der Waals surface area contributed by atoms with Gasteiger partial charge in [0.2, 0.25) is 0 Å². The first kappa shape index (κ1) is 29.1. The maximum absolute atomic E-state index is 12.8. The lowest BCUT2D eigenvalue weighted by molar-refractivity contribution is -0.192. The average molecular weight is 539 g/mol. The van der Waals surface area contributed by atoms with Crippen molar-refractivity contribution in [3.63, 3.8) is 0 Å². The van der Waals surface area contributed by atoms with Crippen molar-refractivity contribution in [1.82, 2.24) is 20.4 Å².